The first-order chi connectivity index (χ1) is 13.6. The maximum Gasteiger partial charge on any atom is 0.263 e. The number of hydrogen-bond acceptors (Lipinski definition) is 5. The standard InChI is InChI=1S/C22H23N3O3/c1-15-6-4-7-16(12-15)13-23-20-11-10-17(14-24-20)25-22(26)21-18(27-2)8-5-9-19(21)28-3/h4-12,14H,13H2,1-3H3,(H,23,24)(H,25,26). The van der Waals surface area contributed by atoms with Crippen LogP contribution in [-0.4, -0.2) is 25.1 Å². The summed E-state index contributed by atoms with van der Waals surface area (Å²) in [5.41, 5.74) is 3.33. The SMILES string of the molecule is COc1cccc(OC)c1C(=O)Nc1ccc(NCc2cccc(C)c2)nc1. The Morgan fingerprint density at radius 3 is 2.32 bits per heavy atom. The number of ether oxygens (including phenoxy) is 2. The van der Waals surface area contributed by atoms with Crippen molar-refractivity contribution in [1.82, 2.24) is 4.98 Å². The number of nitrogens with one attached hydrogen (secondary N) is 2. The molecule has 0 saturated carbocycles. The van der Waals surface area contributed by atoms with Crippen molar-refractivity contribution in [3.05, 3.63) is 77.5 Å². The first-order valence-electron chi connectivity index (χ1n) is 8.88. The molecule has 3 rings (SSSR count). The molecule has 6 nitrogen and oxygen atoms in total. The monoisotopic (exact) mass is 377 g/mol. The van der Waals surface area contributed by atoms with E-state index < -0.39 is 0 Å². The van der Waals surface area contributed by atoms with Gasteiger partial charge < -0.3 is 20.1 Å². The molecule has 0 unspecified atom stereocenters. The summed E-state index contributed by atoms with van der Waals surface area (Å²) in [5.74, 6) is 1.30. The fraction of sp³-hybridized carbons (Fsp3) is 0.182. The molecule has 2 N–H and O–H groups in total. The molecular formula is C22H23N3O3. The maximum absolute atomic E-state index is 12.7. The molecule has 0 radical (unpaired) electrons. The van der Waals surface area contributed by atoms with E-state index in [-0.39, 0.29) is 5.91 Å². The van der Waals surface area contributed by atoms with Gasteiger partial charge in [-0.25, -0.2) is 4.98 Å². The lowest BCUT2D eigenvalue weighted by atomic mass is 10.1. The average molecular weight is 377 g/mol. The Morgan fingerprint density at radius 2 is 1.71 bits per heavy atom. The number of benzene rings is 2. The van der Waals surface area contributed by atoms with E-state index in [1.165, 1.54) is 25.3 Å². The van der Waals surface area contributed by atoms with Gasteiger partial charge in [0.05, 0.1) is 26.1 Å². The molecule has 0 aliphatic rings. The van der Waals surface area contributed by atoms with Crippen LogP contribution < -0.4 is 20.1 Å². The van der Waals surface area contributed by atoms with E-state index in [0.29, 0.717) is 29.3 Å². The third-order valence-corrected chi connectivity index (χ3v) is 4.23. The molecule has 0 bridgehead atoms. The molecule has 1 aromatic heterocycles. The van der Waals surface area contributed by atoms with Gasteiger partial charge >= 0.3 is 0 Å². The highest BCUT2D eigenvalue weighted by Crippen LogP contribution is 2.29. The number of amides is 1. The molecule has 0 aliphatic carbocycles. The highest BCUT2D eigenvalue weighted by atomic mass is 16.5. The van der Waals surface area contributed by atoms with Gasteiger partial charge in [-0.15, -0.1) is 0 Å². The van der Waals surface area contributed by atoms with Gasteiger partial charge in [0.15, 0.2) is 0 Å². The number of aryl methyl sites for hydroxylation is 1. The highest BCUT2D eigenvalue weighted by Gasteiger charge is 2.18. The van der Waals surface area contributed by atoms with E-state index >= 15 is 0 Å². The highest BCUT2D eigenvalue weighted by molar-refractivity contribution is 6.08. The number of rotatable bonds is 7. The molecule has 3 aromatic rings. The van der Waals surface area contributed by atoms with Crippen LogP contribution in [0.25, 0.3) is 0 Å². The molecule has 6 heteroatoms. The van der Waals surface area contributed by atoms with Gasteiger partial charge in [0.1, 0.15) is 22.9 Å². The number of hydrogen-bond donors (Lipinski definition) is 2. The van der Waals surface area contributed by atoms with Gasteiger partial charge in [0.2, 0.25) is 0 Å². The molecule has 1 heterocycles. The predicted octanol–water partition coefficient (Wildman–Crippen LogP) is 4.27. The van der Waals surface area contributed by atoms with Gasteiger partial charge in [0.25, 0.3) is 5.91 Å². The topological polar surface area (TPSA) is 72.5 Å². The molecule has 0 aliphatic heterocycles. The lowest BCUT2D eigenvalue weighted by molar-refractivity contribution is 0.102. The van der Waals surface area contributed by atoms with Crippen LogP contribution in [0.4, 0.5) is 11.5 Å². The number of carbonyl (C=O) groups excluding carboxylic acids is 1. The lowest BCUT2D eigenvalue weighted by Crippen LogP contribution is -2.15. The Bertz CT molecular complexity index is 933. The van der Waals surface area contributed by atoms with Gasteiger partial charge in [0, 0.05) is 6.54 Å². The van der Waals surface area contributed by atoms with Crippen LogP contribution in [0, 0.1) is 6.92 Å². The minimum Gasteiger partial charge on any atom is -0.496 e. The summed E-state index contributed by atoms with van der Waals surface area (Å²) < 4.78 is 10.6. The van der Waals surface area contributed by atoms with E-state index in [4.69, 9.17) is 9.47 Å². The van der Waals surface area contributed by atoms with Crippen molar-refractivity contribution in [3.8, 4) is 11.5 Å². The second kappa shape index (κ2) is 8.90. The van der Waals surface area contributed by atoms with Gasteiger partial charge in [-0.05, 0) is 36.8 Å². The molecule has 144 valence electrons. The van der Waals surface area contributed by atoms with Crippen LogP contribution in [0.3, 0.4) is 0 Å². The van der Waals surface area contributed by atoms with Crippen molar-refractivity contribution in [2.45, 2.75) is 13.5 Å². The zero-order chi connectivity index (χ0) is 19.9. The van der Waals surface area contributed by atoms with Crippen molar-refractivity contribution in [3.63, 3.8) is 0 Å². The van der Waals surface area contributed by atoms with E-state index in [9.17, 15) is 4.79 Å². The maximum atomic E-state index is 12.7. The Kier molecular flexibility index (Phi) is 6.11. The van der Waals surface area contributed by atoms with Crippen molar-refractivity contribution >= 4 is 17.4 Å². The van der Waals surface area contributed by atoms with Crippen LogP contribution >= 0.6 is 0 Å². The van der Waals surface area contributed by atoms with E-state index in [0.717, 1.165) is 5.82 Å². The summed E-state index contributed by atoms with van der Waals surface area (Å²) in [7, 11) is 3.03. The molecule has 0 atom stereocenters. The summed E-state index contributed by atoms with van der Waals surface area (Å²) in [6, 6.07) is 17.1. The predicted molar refractivity (Wildman–Crippen MR) is 110 cm³/mol. The average Bonchev–Trinajstić information content (AvgIpc) is 2.72. The molecule has 28 heavy (non-hydrogen) atoms. The Labute approximate surface area is 164 Å². The van der Waals surface area contributed by atoms with Gasteiger partial charge in [-0.1, -0.05) is 35.9 Å². The molecule has 0 spiro atoms. The molecule has 1 amide bonds. The van der Waals surface area contributed by atoms with Crippen molar-refractivity contribution in [1.29, 1.82) is 0 Å². The second-order valence-electron chi connectivity index (χ2n) is 6.27. The number of anilines is 2. The Balaban J connectivity index is 1.67. The quantitative estimate of drug-likeness (QED) is 0.643. The number of pyridine rings is 1. The first-order valence-corrected chi connectivity index (χ1v) is 8.88. The molecule has 0 saturated heterocycles. The van der Waals surface area contributed by atoms with Crippen LogP contribution in [0.5, 0.6) is 11.5 Å². The van der Waals surface area contributed by atoms with E-state index in [1.54, 1.807) is 30.5 Å². The number of methoxy groups -OCH3 is 2. The first kappa shape index (κ1) is 19.2. The van der Waals surface area contributed by atoms with E-state index in [2.05, 4.69) is 40.7 Å². The van der Waals surface area contributed by atoms with Crippen molar-refractivity contribution < 1.29 is 14.3 Å². The number of nitrogens with zero attached hydrogens (tertiary/aromatic N) is 1. The summed E-state index contributed by atoms with van der Waals surface area (Å²) in [5, 5.41) is 6.10. The minimum absolute atomic E-state index is 0.323. The second-order valence-corrected chi connectivity index (χ2v) is 6.27. The zero-order valence-electron chi connectivity index (χ0n) is 16.2. The summed E-state index contributed by atoms with van der Waals surface area (Å²) >= 11 is 0. The van der Waals surface area contributed by atoms with Gasteiger partial charge in [-0.3, -0.25) is 4.79 Å². The smallest absolute Gasteiger partial charge is 0.263 e. The minimum atomic E-state index is -0.323. The molecule has 0 fully saturated rings. The van der Waals surface area contributed by atoms with Gasteiger partial charge in [-0.2, -0.15) is 0 Å². The van der Waals surface area contributed by atoms with Crippen LogP contribution in [0.1, 0.15) is 21.5 Å². The fourth-order valence-electron chi connectivity index (χ4n) is 2.86. The summed E-state index contributed by atoms with van der Waals surface area (Å²) in [6.07, 6.45) is 1.61. The van der Waals surface area contributed by atoms with Crippen LogP contribution in [-0.2, 0) is 6.54 Å². The number of carbonyl (C=O) groups is 1. The van der Waals surface area contributed by atoms with Crippen LogP contribution in [0.15, 0.2) is 60.8 Å². The van der Waals surface area contributed by atoms with Crippen LogP contribution in [0.2, 0.25) is 0 Å². The van der Waals surface area contributed by atoms with E-state index in [1.807, 2.05) is 12.1 Å². The third-order valence-electron chi connectivity index (χ3n) is 4.23. The van der Waals surface area contributed by atoms with Crippen molar-refractivity contribution in [2.75, 3.05) is 24.9 Å². The lowest BCUT2D eigenvalue weighted by Gasteiger charge is -2.13. The Morgan fingerprint density at radius 1 is 1.00 bits per heavy atom. The third kappa shape index (κ3) is 4.59. The summed E-state index contributed by atoms with van der Waals surface area (Å²) in [4.78, 5) is 17.0. The number of aromatic nitrogens is 1. The zero-order valence-corrected chi connectivity index (χ0v) is 16.2. The molecule has 2 aromatic carbocycles. The van der Waals surface area contributed by atoms with Crippen molar-refractivity contribution in [2.24, 2.45) is 0 Å². The summed E-state index contributed by atoms with van der Waals surface area (Å²) in [6.45, 7) is 2.74. The Hall–Kier alpha value is -3.54. The fourth-order valence-corrected chi connectivity index (χ4v) is 2.86. The molecular weight excluding hydrogens is 354 g/mol. The normalized spacial score (nSPS) is 10.2. The largest absolute Gasteiger partial charge is 0.496 e.